The van der Waals surface area contributed by atoms with Crippen LogP contribution in [0.2, 0.25) is 0 Å². The van der Waals surface area contributed by atoms with E-state index in [2.05, 4.69) is 31.3 Å². The molecule has 0 aliphatic rings. The van der Waals surface area contributed by atoms with Crippen molar-refractivity contribution in [1.29, 1.82) is 0 Å². The van der Waals surface area contributed by atoms with Crippen molar-refractivity contribution in [3.8, 4) is 0 Å². The van der Waals surface area contributed by atoms with Gasteiger partial charge in [-0.15, -0.1) is 0 Å². The second-order valence-corrected chi connectivity index (χ2v) is 25.6. The maximum atomic E-state index is 12.5. The number of amides is 1. The van der Waals surface area contributed by atoms with Gasteiger partial charge in [0.15, 0.2) is 0 Å². The second kappa shape index (κ2) is 70.1. The number of carbonyl (C=O) groups is 2. The average molecular weight is 1130 g/mol. The molecule has 6 nitrogen and oxygen atoms in total. The van der Waals surface area contributed by atoms with Crippen LogP contribution in [0.5, 0.6) is 0 Å². The molecule has 0 heterocycles. The van der Waals surface area contributed by atoms with Crippen molar-refractivity contribution in [3.63, 3.8) is 0 Å². The van der Waals surface area contributed by atoms with Gasteiger partial charge in [0.1, 0.15) is 0 Å². The summed E-state index contributed by atoms with van der Waals surface area (Å²) in [6.45, 7) is 5.01. The maximum absolute atomic E-state index is 12.5. The fourth-order valence-electron chi connectivity index (χ4n) is 11.9. The van der Waals surface area contributed by atoms with Gasteiger partial charge in [0, 0.05) is 12.8 Å². The van der Waals surface area contributed by atoms with Crippen LogP contribution in [0.1, 0.15) is 425 Å². The molecule has 0 aliphatic heterocycles. The van der Waals surface area contributed by atoms with Gasteiger partial charge < -0.3 is 20.3 Å². The topological polar surface area (TPSA) is 95.9 Å². The average Bonchev–Trinajstić information content (AvgIpc) is 3.46. The molecule has 0 aliphatic carbocycles. The number of hydrogen-bond acceptors (Lipinski definition) is 5. The van der Waals surface area contributed by atoms with Crippen molar-refractivity contribution in [3.05, 3.63) is 12.2 Å². The van der Waals surface area contributed by atoms with E-state index in [1.54, 1.807) is 0 Å². The SMILES string of the molecule is CCCCCCCCCCCCCCCCCCCCC(=O)OCCCCCCCCCCCCCC/C=C\CCCCCCCCCCCCCC(=O)NC(CO)C(O)CCCCCCCCCCCCCCCCCCCC. The van der Waals surface area contributed by atoms with E-state index in [1.165, 1.54) is 353 Å². The summed E-state index contributed by atoms with van der Waals surface area (Å²) >= 11 is 0. The molecule has 6 heteroatoms. The first-order valence-electron chi connectivity index (χ1n) is 36.9. The second-order valence-electron chi connectivity index (χ2n) is 25.6. The Balaban J connectivity index is 3.36. The van der Waals surface area contributed by atoms with Gasteiger partial charge in [-0.05, 0) is 51.4 Å². The summed E-state index contributed by atoms with van der Waals surface area (Å²) in [6, 6.07) is -0.542. The lowest BCUT2D eigenvalue weighted by Gasteiger charge is -2.22. The third-order valence-electron chi connectivity index (χ3n) is 17.6. The van der Waals surface area contributed by atoms with Gasteiger partial charge >= 0.3 is 5.97 Å². The zero-order chi connectivity index (χ0) is 57.8. The Morgan fingerprint density at radius 2 is 0.588 bits per heavy atom. The number of esters is 1. The summed E-state index contributed by atoms with van der Waals surface area (Å²) in [5.41, 5.74) is 0. The Labute approximate surface area is 501 Å². The van der Waals surface area contributed by atoms with Gasteiger partial charge in [-0.2, -0.15) is 0 Å². The molecule has 0 spiro atoms. The van der Waals surface area contributed by atoms with Crippen LogP contribution in [0.15, 0.2) is 12.2 Å². The van der Waals surface area contributed by atoms with Crippen molar-refractivity contribution in [2.45, 2.75) is 437 Å². The number of carbonyl (C=O) groups excluding carboxylic acids is 2. The van der Waals surface area contributed by atoms with E-state index in [-0.39, 0.29) is 18.5 Å². The largest absolute Gasteiger partial charge is 0.466 e. The highest BCUT2D eigenvalue weighted by Gasteiger charge is 2.20. The van der Waals surface area contributed by atoms with Crippen LogP contribution in [-0.2, 0) is 14.3 Å². The summed E-state index contributed by atoms with van der Waals surface area (Å²) in [5.74, 6) is -0.0106. The molecule has 0 bridgehead atoms. The van der Waals surface area contributed by atoms with E-state index in [1.807, 2.05) is 0 Å². The van der Waals surface area contributed by atoms with Crippen LogP contribution in [-0.4, -0.2) is 47.4 Å². The first-order valence-corrected chi connectivity index (χ1v) is 36.9. The van der Waals surface area contributed by atoms with Crippen molar-refractivity contribution in [2.75, 3.05) is 13.2 Å². The fourth-order valence-corrected chi connectivity index (χ4v) is 11.9. The van der Waals surface area contributed by atoms with E-state index in [0.717, 1.165) is 38.5 Å². The number of nitrogens with one attached hydrogen (secondary N) is 1. The first-order chi connectivity index (χ1) is 39.5. The fraction of sp³-hybridized carbons (Fsp3) is 0.946. The van der Waals surface area contributed by atoms with Gasteiger partial charge in [-0.25, -0.2) is 0 Å². The Morgan fingerprint density at radius 3 is 0.887 bits per heavy atom. The van der Waals surface area contributed by atoms with Gasteiger partial charge in [-0.1, -0.05) is 373 Å². The molecule has 2 unspecified atom stereocenters. The van der Waals surface area contributed by atoms with Crippen molar-refractivity contribution in [1.82, 2.24) is 5.32 Å². The molecule has 0 fully saturated rings. The van der Waals surface area contributed by atoms with E-state index in [9.17, 15) is 19.8 Å². The molecule has 80 heavy (non-hydrogen) atoms. The highest BCUT2D eigenvalue weighted by atomic mass is 16.5. The number of ether oxygens (including phenoxy) is 1. The zero-order valence-corrected chi connectivity index (χ0v) is 54.6. The molecular formula is C74H145NO5. The lowest BCUT2D eigenvalue weighted by molar-refractivity contribution is -0.143. The van der Waals surface area contributed by atoms with Crippen LogP contribution < -0.4 is 5.32 Å². The Morgan fingerprint density at radius 1 is 0.338 bits per heavy atom. The van der Waals surface area contributed by atoms with Crippen LogP contribution in [0, 0.1) is 0 Å². The first kappa shape index (κ1) is 78.6. The van der Waals surface area contributed by atoms with Gasteiger partial charge in [-0.3, -0.25) is 9.59 Å². The number of allylic oxidation sites excluding steroid dienone is 2. The molecule has 0 aromatic carbocycles. The van der Waals surface area contributed by atoms with Crippen molar-refractivity contribution < 1.29 is 24.5 Å². The summed E-state index contributed by atoms with van der Waals surface area (Å²) in [5, 5.41) is 23.4. The Bertz CT molecular complexity index is 1210. The quantitative estimate of drug-likeness (QED) is 0.0320. The molecular weight excluding hydrogens is 983 g/mol. The highest BCUT2D eigenvalue weighted by molar-refractivity contribution is 5.76. The third kappa shape index (κ3) is 65.7. The van der Waals surface area contributed by atoms with Gasteiger partial charge in [0.25, 0.3) is 0 Å². The third-order valence-corrected chi connectivity index (χ3v) is 17.6. The van der Waals surface area contributed by atoms with E-state index >= 15 is 0 Å². The zero-order valence-electron chi connectivity index (χ0n) is 54.6. The number of rotatable bonds is 70. The minimum Gasteiger partial charge on any atom is -0.466 e. The molecule has 0 aromatic heterocycles. The summed E-state index contributed by atoms with van der Waals surface area (Å²) in [4.78, 5) is 24.6. The molecule has 0 radical (unpaired) electrons. The normalized spacial score (nSPS) is 12.5. The molecule has 476 valence electrons. The lowest BCUT2D eigenvalue weighted by atomic mass is 10.0. The minimum absolute atomic E-state index is 0.0207. The smallest absolute Gasteiger partial charge is 0.305 e. The minimum atomic E-state index is -0.665. The molecule has 0 rings (SSSR count). The molecule has 2 atom stereocenters. The molecule has 0 saturated heterocycles. The lowest BCUT2D eigenvalue weighted by Crippen LogP contribution is -2.45. The summed E-state index contributed by atoms with van der Waals surface area (Å²) < 4.78 is 5.51. The van der Waals surface area contributed by atoms with E-state index < -0.39 is 12.1 Å². The number of hydrogen-bond donors (Lipinski definition) is 3. The number of aliphatic hydroxyl groups excluding tert-OH is 2. The van der Waals surface area contributed by atoms with E-state index in [4.69, 9.17) is 4.74 Å². The molecule has 1 amide bonds. The van der Waals surface area contributed by atoms with Crippen molar-refractivity contribution >= 4 is 11.9 Å². The highest BCUT2D eigenvalue weighted by Crippen LogP contribution is 2.19. The Hall–Kier alpha value is -1.40. The van der Waals surface area contributed by atoms with Crippen LogP contribution in [0.25, 0.3) is 0 Å². The Kier molecular flexibility index (Phi) is 68.9. The molecule has 0 aromatic rings. The van der Waals surface area contributed by atoms with Gasteiger partial charge in [0.05, 0.1) is 25.4 Å². The summed E-state index contributed by atoms with van der Waals surface area (Å²) in [7, 11) is 0. The van der Waals surface area contributed by atoms with Crippen LogP contribution in [0.3, 0.4) is 0 Å². The number of aliphatic hydroxyl groups is 2. The van der Waals surface area contributed by atoms with Crippen molar-refractivity contribution in [2.24, 2.45) is 0 Å². The standard InChI is InChI=1S/C74H145NO5/c1-3-5-7-9-11-13-15-17-19-21-34-38-42-46-50-54-58-62-66-72(77)71(70-76)75-73(78)67-63-59-55-51-47-43-39-35-32-30-28-26-24-23-25-27-29-31-33-37-41-45-49-53-57-61-65-69-80-74(79)68-64-60-56-52-48-44-40-36-22-20-18-16-14-12-10-8-6-4-2/h23-24,71-72,76-77H,3-22,25-70H2,1-2H3,(H,75,78)/b24-23-. The van der Waals surface area contributed by atoms with Crippen LogP contribution >= 0.6 is 0 Å². The van der Waals surface area contributed by atoms with Gasteiger partial charge in [0.2, 0.25) is 5.91 Å². The van der Waals surface area contributed by atoms with Crippen LogP contribution in [0.4, 0.5) is 0 Å². The molecule has 0 saturated carbocycles. The summed E-state index contributed by atoms with van der Waals surface area (Å²) in [6.07, 6.45) is 87.0. The maximum Gasteiger partial charge on any atom is 0.305 e. The van der Waals surface area contributed by atoms with E-state index in [0.29, 0.717) is 25.9 Å². The predicted octanol–water partition coefficient (Wildman–Crippen LogP) is 23.9. The number of unbranched alkanes of at least 4 members (excludes halogenated alkanes) is 57. The predicted molar refractivity (Wildman–Crippen MR) is 352 cm³/mol. The molecule has 3 N–H and O–H groups in total. The monoisotopic (exact) mass is 1130 g/mol.